The molecule has 1 aliphatic rings. The number of sulfonamides is 1. The average Bonchev–Trinajstić information content (AvgIpc) is 2.65. The maximum Gasteiger partial charge on any atom is 0.244 e. The lowest BCUT2D eigenvalue weighted by Gasteiger charge is -2.31. The highest BCUT2D eigenvalue weighted by atomic mass is 35.5. The second-order valence-corrected chi connectivity index (χ2v) is 8.35. The van der Waals surface area contributed by atoms with E-state index in [1.165, 1.54) is 34.9 Å². The molecule has 1 saturated heterocycles. The van der Waals surface area contributed by atoms with Gasteiger partial charge in [-0.25, -0.2) is 12.8 Å². The molecule has 0 aliphatic carbocycles. The number of carbonyl (C=O) groups is 1. The van der Waals surface area contributed by atoms with Crippen molar-refractivity contribution in [3.05, 3.63) is 53.6 Å². The third-order valence-corrected chi connectivity index (χ3v) is 6.37. The van der Waals surface area contributed by atoms with E-state index in [0.29, 0.717) is 19.4 Å². The van der Waals surface area contributed by atoms with Gasteiger partial charge >= 0.3 is 0 Å². The first-order chi connectivity index (χ1) is 12.4. The van der Waals surface area contributed by atoms with Crippen LogP contribution in [0, 0.1) is 11.7 Å². The first-order valence-electron chi connectivity index (χ1n) is 8.04. The van der Waals surface area contributed by atoms with Crippen LogP contribution in [0.4, 0.5) is 10.1 Å². The Morgan fingerprint density at radius 1 is 1.35 bits per heavy atom. The van der Waals surface area contributed by atoms with E-state index in [1.807, 2.05) is 0 Å². The van der Waals surface area contributed by atoms with Crippen molar-refractivity contribution in [2.24, 2.45) is 5.92 Å². The summed E-state index contributed by atoms with van der Waals surface area (Å²) in [6.07, 6.45) is 3.90. The van der Waals surface area contributed by atoms with Gasteiger partial charge in [0.25, 0.3) is 0 Å². The van der Waals surface area contributed by atoms with Crippen LogP contribution in [0.5, 0.6) is 0 Å². The molecule has 0 radical (unpaired) electrons. The zero-order chi connectivity index (χ0) is 18.7. The van der Waals surface area contributed by atoms with E-state index in [2.05, 4.69) is 10.3 Å². The van der Waals surface area contributed by atoms with E-state index in [0.717, 1.165) is 6.07 Å². The Kier molecular flexibility index (Phi) is 5.55. The van der Waals surface area contributed by atoms with Crippen molar-refractivity contribution < 1.29 is 17.6 Å². The van der Waals surface area contributed by atoms with Gasteiger partial charge in [-0.15, -0.1) is 0 Å². The fourth-order valence-electron chi connectivity index (χ4n) is 2.84. The average molecular weight is 398 g/mol. The molecule has 1 N–H and O–H groups in total. The largest absolute Gasteiger partial charge is 0.326 e. The Hall–Kier alpha value is -2.03. The van der Waals surface area contributed by atoms with Crippen molar-refractivity contribution in [3.63, 3.8) is 0 Å². The summed E-state index contributed by atoms with van der Waals surface area (Å²) in [4.78, 5) is 16.4. The number of pyridine rings is 1. The van der Waals surface area contributed by atoms with Crippen LogP contribution in [0.3, 0.4) is 0 Å². The number of benzene rings is 1. The minimum Gasteiger partial charge on any atom is -0.326 e. The molecule has 6 nitrogen and oxygen atoms in total. The lowest BCUT2D eigenvalue weighted by molar-refractivity contribution is -0.120. The van der Waals surface area contributed by atoms with Crippen LogP contribution >= 0.6 is 11.6 Å². The first kappa shape index (κ1) is 18.8. The topological polar surface area (TPSA) is 79.4 Å². The Morgan fingerprint density at radius 3 is 2.85 bits per heavy atom. The van der Waals surface area contributed by atoms with Crippen molar-refractivity contribution in [3.8, 4) is 0 Å². The fourth-order valence-corrected chi connectivity index (χ4v) is 4.45. The van der Waals surface area contributed by atoms with Crippen LogP contribution in [0.2, 0.25) is 5.02 Å². The number of amides is 1. The molecule has 1 amide bonds. The van der Waals surface area contributed by atoms with Gasteiger partial charge in [-0.2, -0.15) is 4.31 Å². The molecule has 0 bridgehead atoms. The number of hydrogen-bond donors (Lipinski definition) is 1. The van der Waals surface area contributed by atoms with Crippen LogP contribution in [-0.4, -0.2) is 36.7 Å². The van der Waals surface area contributed by atoms with E-state index in [4.69, 9.17) is 11.6 Å². The molecule has 1 aromatic carbocycles. The number of halogens is 2. The van der Waals surface area contributed by atoms with Gasteiger partial charge in [0.2, 0.25) is 15.9 Å². The number of piperidine rings is 1. The molecule has 3 rings (SSSR count). The predicted molar refractivity (Wildman–Crippen MR) is 95.8 cm³/mol. The first-order valence-corrected chi connectivity index (χ1v) is 9.86. The summed E-state index contributed by atoms with van der Waals surface area (Å²) in [5.41, 5.74) is 0.282. The summed E-state index contributed by atoms with van der Waals surface area (Å²) in [6.45, 7) is 0.412. The van der Waals surface area contributed by atoms with Gasteiger partial charge in [-0.05, 0) is 43.2 Å². The zero-order valence-corrected chi connectivity index (χ0v) is 15.3. The zero-order valence-electron chi connectivity index (χ0n) is 13.7. The molecule has 9 heteroatoms. The standard InChI is InChI=1S/C17H17ClFN3O3S/c18-15-6-5-13(9-16(15)19)21-17(23)12-3-2-8-22(11-12)26(24,25)14-4-1-7-20-10-14/h1,4-7,9-10,12H,2-3,8,11H2,(H,21,23)/t12-/m0/s1. The van der Waals surface area contributed by atoms with Crippen molar-refractivity contribution >= 4 is 33.2 Å². The van der Waals surface area contributed by atoms with Crippen LogP contribution in [-0.2, 0) is 14.8 Å². The van der Waals surface area contributed by atoms with Gasteiger partial charge in [0.1, 0.15) is 10.7 Å². The Labute approximate surface area is 156 Å². The van der Waals surface area contributed by atoms with Gasteiger partial charge in [-0.3, -0.25) is 9.78 Å². The van der Waals surface area contributed by atoms with Gasteiger partial charge in [-0.1, -0.05) is 11.6 Å². The number of anilines is 1. The third-order valence-electron chi connectivity index (χ3n) is 4.21. The second kappa shape index (κ2) is 7.69. The summed E-state index contributed by atoms with van der Waals surface area (Å²) < 4.78 is 40.2. The smallest absolute Gasteiger partial charge is 0.244 e. The number of hydrogen-bond acceptors (Lipinski definition) is 4. The van der Waals surface area contributed by atoms with Crippen molar-refractivity contribution in [1.82, 2.24) is 9.29 Å². The molecule has 1 fully saturated rings. The van der Waals surface area contributed by atoms with E-state index in [1.54, 1.807) is 6.07 Å². The minimum absolute atomic E-state index is 0.0330. The second-order valence-electron chi connectivity index (χ2n) is 6.01. The molecule has 1 aliphatic heterocycles. The molecule has 0 spiro atoms. The maximum atomic E-state index is 13.5. The molecule has 1 aromatic heterocycles. The minimum atomic E-state index is -3.70. The highest BCUT2D eigenvalue weighted by Crippen LogP contribution is 2.25. The molecule has 1 atom stereocenters. The molecular weight excluding hydrogens is 381 g/mol. The Morgan fingerprint density at radius 2 is 2.15 bits per heavy atom. The molecule has 2 heterocycles. The maximum absolute atomic E-state index is 13.5. The third kappa shape index (κ3) is 4.03. The molecule has 0 saturated carbocycles. The summed E-state index contributed by atoms with van der Waals surface area (Å²) in [7, 11) is -3.70. The Bertz CT molecular complexity index is 909. The predicted octanol–water partition coefficient (Wildman–Crippen LogP) is 2.91. The fraction of sp³-hybridized carbons (Fsp3) is 0.294. The number of nitrogens with one attached hydrogen (secondary N) is 1. The molecule has 0 unspecified atom stereocenters. The van der Waals surface area contributed by atoms with Gasteiger partial charge in [0.15, 0.2) is 0 Å². The van der Waals surface area contributed by atoms with E-state index in [9.17, 15) is 17.6 Å². The quantitative estimate of drug-likeness (QED) is 0.860. The van der Waals surface area contributed by atoms with Crippen LogP contribution in [0.25, 0.3) is 0 Å². The SMILES string of the molecule is O=C(Nc1ccc(Cl)c(F)c1)[C@H]1CCCN(S(=O)(=O)c2cccnc2)C1. The van der Waals surface area contributed by atoms with Gasteiger partial charge < -0.3 is 5.32 Å². The number of aromatic nitrogens is 1. The van der Waals surface area contributed by atoms with Crippen molar-refractivity contribution in [2.45, 2.75) is 17.7 Å². The summed E-state index contributed by atoms with van der Waals surface area (Å²) in [5.74, 6) is -1.50. The number of rotatable bonds is 4. The monoisotopic (exact) mass is 397 g/mol. The van der Waals surface area contributed by atoms with Gasteiger partial charge in [0, 0.05) is 31.2 Å². The van der Waals surface area contributed by atoms with E-state index in [-0.39, 0.29) is 28.1 Å². The molecule has 138 valence electrons. The van der Waals surface area contributed by atoms with Crippen molar-refractivity contribution in [1.29, 1.82) is 0 Å². The van der Waals surface area contributed by atoms with E-state index >= 15 is 0 Å². The summed E-state index contributed by atoms with van der Waals surface area (Å²) in [5, 5.41) is 2.59. The van der Waals surface area contributed by atoms with Crippen LogP contribution in [0.15, 0.2) is 47.6 Å². The normalized spacial score (nSPS) is 18.5. The number of carbonyl (C=O) groups excluding carboxylic acids is 1. The lowest BCUT2D eigenvalue weighted by Crippen LogP contribution is -2.43. The van der Waals surface area contributed by atoms with E-state index < -0.39 is 21.8 Å². The molecule has 26 heavy (non-hydrogen) atoms. The highest BCUT2D eigenvalue weighted by Gasteiger charge is 2.33. The van der Waals surface area contributed by atoms with Crippen molar-refractivity contribution in [2.75, 3.05) is 18.4 Å². The Balaban J connectivity index is 1.71. The molecular formula is C17H17ClFN3O3S. The summed E-state index contributed by atoms with van der Waals surface area (Å²) in [6, 6.07) is 7.01. The van der Waals surface area contributed by atoms with Crippen LogP contribution in [0.1, 0.15) is 12.8 Å². The number of nitrogens with zero attached hydrogens (tertiary/aromatic N) is 2. The summed E-state index contributed by atoms with van der Waals surface area (Å²) >= 11 is 5.63. The highest BCUT2D eigenvalue weighted by molar-refractivity contribution is 7.89. The lowest BCUT2D eigenvalue weighted by atomic mass is 9.99. The molecule has 2 aromatic rings. The van der Waals surface area contributed by atoms with Gasteiger partial charge in [0.05, 0.1) is 10.9 Å². The van der Waals surface area contributed by atoms with Crippen LogP contribution < -0.4 is 5.32 Å².